The average molecular weight is 345 g/mol. The number of carbonyl (C=O) groups excluding carboxylic acids is 2. The summed E-state index contributed by atoms with van der Waals surface area (Å²) in [6.07, 6.45) is 4.50. The summed E-state index contributed by atoms with van der Waals surface area (Å²) in [5.74, 6) is -0.0945. The molecule has 0 saturated heterocycles. The summed E-state index contributed by atoms with van der Waals surface area (Å²) in [4.78, 5) is 26.5. The Morgan fingerprint density at radius 2 is 1.72 bits per heavy atom. The number of hydrogen-bond donors (Lipinski definition) is 2. The van der Waals surface area contributed by atoms with Gasteiger partial charge in [-0.05, 0) is 58.7 Å². The van der Waals surface area contributed by atoms with Crippen molar-refractivity contribution < 1.29 is 9.59 Å². The SMILES string of the molecule is Cc1cc(C)c(NC(=O)CN(C)C(C)C(=O)NC2CCCC2)c(C)c1. The number of benzene rings is 1. The van der Waals surface area contributed by atoms with Crippen molar-refractivity contribution in [2.24, 2.45) is 0 Å². The van der Waals surface area contributed by atoms with Crippen molar-refractivity contribution in [1.82, 2.24) is 10.2 Å². The van der Waals surface area contributed by atoms with Gasteiger partial charge >= 0.3 is 0 Å². The summed E-state index contributed by atoms with van der Waals surface area (Å²) in [5, 5.41) is 6.09. The zero-order valence-electron chi connectivity index (χ0n) is 16.1. The lowest BCUT2D eigenvalue weighted by Gasteiger charge is -2.25. The molecule has 5 nitrogen and oxygen atoms in total. The Labute approximate surface area is 151 Å². The lowest BCUT2D eigenvalue weighted by atomic mass is 10.1. The van der Waals surface area contributed by atoms with Crippen LogP contribution in [0.5, 0.6) is 0 Å². The Hall–Kier alpha value is -1.88. The molecule has 1 saturated carbocycles. The molecule has 2 N–H and O–H groups in total. The van der Waals surface area contributed by atoms with E-state index in [0.717, 1.165) is 29.7 Å². The number of anilines is 1. The third-order valence-electron chi connectivity index (χ3n) is 5.08. The molecule has 1 aliphatic carbocycles. The smallest absolute Gasteiger partial charge is 0.238 e. The molecule has 2 rings (SSSR count). The summed E-state index contributed by atoms with van der Waals surface area (Å²) < 4.78 is 0. The fourth-order valence-electron chi connectivity index (χ4n) is 3.51. The molecule has 1 aromatic carbocycles. The monoisotopic (exact) mass is 345 g/mol. The molecule has 0 spiro atoms. The fraction of sp³-hybridized carbons (Fsp3) is 0.600. The Morgan fingerprint density at radius 3 is 2.28 bits per heavy atom. The summed E-state index contributed by atoms with van der Waals surface area (Å²) in [6.45, 7) is 8.07. The first kappa shape index (κ1) is 19.4. The molecule has 0 aliphatic heterocycles. The fourth-order valence-corrected chi connectivity index (χ4v) is 3.51. The maximum atomic E-state index is 12.4. The number of rotatable bonds is 6. The molecular weight excluding hydrogens is 314 g/mol. The predicted octanol–water partition coefficient (Wildman–Crippen LogP) is 2.93. The minimum absolute atomic E-state index is 0.00453. The standard InChI is InChI=1S/C20H31N3O2/c1-13-10-14(2)19(15(3)11-13)22-18(24)12-23(5)16(4)20(25)21-17-8-6-7-9-17/h10-11,16-17H,6-9,12H2,1-5H3,(H,21,25)(H,22,24). The van der Waals surface area contributed by atoms with Crippen LogP contribution in [-0.2, 0) is 9.59 Å². The minimum Gasteiger partial charge on any atom is -0.352 e. The molecule has 1 atom stereocenters. The minimum atomic E-state index is -0.327. The summed E-state index contributed by atoms with van der Waals surface area (Å²) >= 11 is 0. The topological polar surface area (TPSA) is 61.4 Å². The molecule has 1 aromatic rings. The van der Waals surface area contributed by atoms with Crippen molar-refractivity contribution in [3.63, 3.8) is 0 Å². The van der Waals surface area contributed by atoms with Gasteiger partial charge < -0.3 is 10.6 Å². The largest absolute Gasteiger partial charge is 0.352 e. The highest BCUT2D eigenvalue weighted by atomic mass is 16.2. The molecule has 138 valence electrons. The molecule has 0 aromatic heterocycles. The third kappa shape index (κ3) is 5.30. The third-order valence-corrected chi connectivity index (χ3v) is 5.08. The van der Waals surface area contributed by atoms with Gasteiger partial charge in [-0.25, -0.2) is 0 Å². The highest BCUT2D eigenvalue weighted by molar-refractivity contribution is 5.94. The van der Waals surface area contributed by atoms with Gasteiger partial charge in [-0.2, -0.15) is 0 Å². The molecule has 25 heavy (non-hydrogen) atoms. The number of nitrogens with one attached hydrogen (secondary N) is 2. The van der Waals surface area contributed by atoms with Crippen LogP contribution in [0, 0.1) is 20.8 Å². The van der Waals surface area contributed by atoms with Crippen LogP contribution < -0.4 is 10.6 Å². The molecule has 5 heteroatoms. The molecule has 1 aliphatic rings. The van der Waals surface area contributed by atoms with Crippen molar-refractivity contribution in [2.45, 2.75) is 65.5 Å². The van der Waals surface area contributed by atoms with Gasteiger partial charge in [0.2, 0.25) is 11.8 Å². The highest BCUT2D eigenvalue weighted by Crippen LogP contribution is 2.22. The molecule has 1 unspecified atom stereocenters. The second-order valence-corrected chi connectivity index (χ2v) is 7.40. The van der Waals surface area contributed by atoms with Gasteiger partial charge in [-0.15, -0.1) is 0 Å². The Kier molecular flexibility index (Phi) is 6.59. The molecular formula is C20H31N3O2. The van der Waals surface area contributed by atoms with Crippen LogP contribution in [0.3, 0.4) is 0 Å². The molecule has 2 amide bonds. The number of carbonyl (C=O) groups is 2. The number of amides is 2. The first-order valence-electron chi connectivity index (χ1n) is 9.16. The van der Waals surface area contributed by atoms with Crippen LogP contribution in [-0.4, -0.2) is 42.4 Å². The quantitative estimate of drug-likeness (QED) is 0.833. The van der Waals surface area contributed by atoms with Crippen molar-refractivity contribution >= 4 is 17.5 Å². The van der Waals surface area contributed by atoms with E-state index in [1.807, 2.05) is 34.7 Å². The van der Waals surface area contributed by atoms with Gasteiger partial charge in [0.25, 0.3) is 0 Å². The van der Waals surface area contributed by atoms with E-state index in [0.29, 0.717) is 6.04 Å². The zero-order valence-corrected chi connectivity index (χ0v) is 16.1. The van der Waals surface area contributed by atoms with E-state index in [4.69, 9.17) is 0 Å². The van der Waals surface area contributed by atoms with E-state index in [1.54, 1.807) is 4.90 Å². The van der Waals surface area contributed by atoms with Crippen LogP contribution in [0.15, 0.2) is 12.1 Å². The highest BCUT2D eigenvalue weighted by Gasteiger charge is 2.24. The zero-order chi connectivity index (χ0) is 18.6. The van der Waals surface area contributed by atoms with E-state index in [1.165, 1.54) is 18.4 Å². The van der Waals surface area contributed by atoms with Crippen molar-refractivity contribution in [2.75, 3.05) is 18.9 Å². The van der Waals surface area contributed by atoms with Crippen LogP contribution in [0.4, 0.5) is 5.69 Å². The number of nitrogens with zero attached hydrogens (tertiary/aromatic N) is 1. The van der Waals surface area contributed by atoms with E-state index in [2.05, 4.69) is 22.8 Å². The van der Waals surface area contributed by atoms with E-state index in [-0.39, 0.29) is 24.4 Å². The van der Waals surface area contributed by atoms with Gasteiger partial charge in [0.15, 0.2) is 0 Å². The van der Waals surface area contributed by atoms with E-state index in [9.17, 15) is 9.59 Å². The Balaban J connectivity index is 1.89. The molecule has 1 fully saturated rings. The first-order valence-corrected chi connectivity index (χ1v) is 9.16. The molecule has 0 bridgehead atoms. The van der Waals surface area contributed by atoms with E-state index < -0.39 is 0 Å². The molecule has 0 heterocycles. The van der Waals surface area contributed by atoms with Gasteiger partial charge in [-0.1, -0.05) is 30.5 Å². The lowest BCUT2D eigenvalue weighted by Crippen LogP contribution is -2.48. The van der Waals surface area contributed by atoms with Crippen LogP contribution >= 0.6 is 0 Å². The normalized spacial score (nSPS) is 16.1. The Morgan fingerprint density at radius 1 is 1.16 bits per heavy atom. The van der Waals surface area contributed by atoms with Gasteiger partial charge in [0, 0.05) is 11.7 Å². The van der Waals surface area contributed by atoms with Gasteiger partial charge in [-0.3, -0.25) is 14.5 Å². The van der Waals surface area contributed by atoms with Crippen molar-refractivity contribution in [3.8, 4) is 0 Å². The van der Waals surface area contributed by atoms with Crippen LogP contribution in [0.25, 0.3) is 0 Å². The van der Waals surface area contributed by atoms with Gasteiger partial charge in [0.05, 0.1) is 12.6 Å². The predicted molar refractivity (Wildman–Crippen MR) is 102 cm³/mol. The van der Waals surface area contributed by atoms with E-state index >= 15 is 0 Å². The second kappa shape index (κ2) is 8.48. The van der Waals surface area contributed by atoms with Crippen LogP contribution in [0.2, 0.25) is 0 Å². The maximum Gasteiger partial charge on any atom is 0.238 e. The summed E-state index contributed by atoms with van der Waals surface area (Å²) in [6, 6.07) is 4.09. The average Bonchev–Trinajstić information content (AvgIpc) is 3.02. The molecule has 0 radical (unpaired) electrons. The van der Waals surface area contributed by atoms with Crippen molar-refractivity contribution in [1.29, 1.82) is 0 Å². The number of hydrogen-bond acceptors (Lipinski definition) is 3. The lowest BCUT2D eigenvalue weighted by molar-refractivity contribution is -0.127. The summed E-state index contributed by atoms with van der Waals surface area (Å²) in [7, 11) is 1.81. The maximum absolute atomic E-state index is 12.4. The summed E-state index contributed by atoms with van der Waals surface area (Å²) in [5.41, 5.74) is 4.16. The number of likely N-dealkylation sites (N-methyl/N-ethyl adjacent to an activating group) is 1. The van der Waals surface area contributed by atoms with Gasteiger partial charge in [0.1, 0.15) is 0 Å². The van der Waals surface area contributed by atoms with Crippen LogP contribution in [0.1, 0.15) is 49.3 Å². The Bertz CT molecular complexity index is 613. The second-order valence-electron chi connectivity index (χ2n) is 7.40. The van der Waals surface area contributed by atoms with Crippen molar-refractivity contribution in [3.05, 3.63) is 28.8 Å². The number of aryl methyl sites for hydroxylation is 3. The first-order chi connectivity index (χ1) is 11.8.